The number of ether oxygens (including phenoxy) is 1. The Hall–Kier alpha value is -3.03. The highest BCUT2D eigenvalue weighted by molar-refractivity contribution is 7.84. The zero-order valence-electron chi connectivity index (χ0n) is 21.4. The van der Waals surface area contributed by atoms with Crippen molar-refractivity contribution in [2.24, 2.45) is 0 Å². The predicted molar refractivity (Wildman–Crippen MR) is 147 cm³/mol. The number of rotatable bonds is 9. The van der Waals surface area contributed by atoms with E-state index in [4.69, 9.17) is 9.72 Å². The molecule has 0 bridgehead atoms. The lowest BCUT2D eigenvalue weighted by Gasteiger charge is -2.27. The average Bonchev–Trinajstić information content (AvgIpc) is 3.53. The second kappa shape index (κ2) is 10.9. The number of nitrogens with zero attached hydrogens (tertiary/aromatic N) is 2. The van der Waals surface area contributed by atoms with E-state index in [1.807, 2.05) is 79.2 Å². The molecule has 4 aromatic rings. The van der Waals surface area contributed by atoms with E-state index in [-0.39, 0.29) is 11.9 Å². The number of aromatic nitrogens is 2. The van der Waals surface area contributed by atoms with Crippen molar-refractivity contribution in [2.45, 2.75) is 50.3 Å². The molecular formula is C29H32N2O3S2. The molecular weight excluding hydrogens is 488 g/mol. The van der Waals surface area contributed by atoms with Gasteiger partial charge in [0.1, 0.15) is 16.2 Å². The van der Waals surface area contributed by atoms with Crippen LogP contribution in [0.1, 0.15) is 50.7 Å². The minimum atomic E-state index is -1.05. The fourth-order valence-electron chi connectivity index (χ4n) is 4.21. The van der Waals surface area contributed by atoms with Gasteiger partial charge in [-0.2, -0.15) is 0 Å². The first-order chi connectivity index (χ1) is 17.2. The zero-order valence-corrected chi connectivity index (χ0v) is 23.0. The van der Waals surface area contributed by atoms with Crippen LogP contribution < -0.4 is 0 Å². The molecule has 0 aliphatic rings. The third-order valence-electron chi connectivity index (χ3n) is 6.22. The third-order valence-corrected chi connectivity index (χ3v) is 8.27. The van der Waals surface area contributed by atoms with Crippen molar-refractivity contribution in [1.82, 2.24) is 9.55 Å². The van der Waals surface area contributed by atoms with Crippen LogP contribution in [0.25, 0.3) is 15.4 Å². The largest absolute Gasteiger partial charge is 0.465 e. The topological polar surface area (TPSA) is 61.2 Å². The number of esters is 1. The van der Waals surface area contributed by atoms with Crippen molar-refractivity contribution >= 4 is 28.1 Å². The van der Waals surface area contributed by atoms with Crippen LogP contribution in [0.15, 0.2) is 77.8 Å². The van der Waals surface area contributed by atoms with Gasteiger partial charge in [0.2, 0.25) is 0 Å². The SMILES string of the molecule is CCOC(=O)C(C)(Cc1ccccc1)c1nc(C(C)C)cn1-c1ccc(-c2cccc(S(C)=O)c2)s1. The molecule has 0 aliphatic heterocycles. The molecule has 2 aromatic carbocycles. The Morgan fingerprint density at radius 2 is 1.86 bits per heavy atom. The maximum absolute atomic E-state index is 13.5. The number of carbonyl (C=O) groups excluding carboxylic acids is 1. The summed E-state index contributed by atoms with van der Waals surface area (Å²) in [6, 6.07) is 21.9. The number of thiophene rings is 1. The fraction of sp³-hybridized carbons (Fsp3) is 0.310. The lowest BCUT2D eigenvalue weighted by molar-refractivity contribution is -0.149. The third kappa shape index (κ3) is 5.37. The van der Waals surface area contributed by atoms with Crippen LogP contribution >= 0.6 is 11.3 Å². The van der Waals surface area contributed by atoms with Crippen molar-refractivity contribution < 1.29 is 13.7 Å². The molecule has 0 aliphatic carbocycles. The molecule has 2 atom stereocenters. The first-order valence-electron chi connectivity index (χ1n) is 12.1. The quantitative estimate of drug-likeness (QED) is 0.236. The molecule has 188 valence electrons. The van der Waals surface area contributed by atoms with Gasteiger partial charge in [-0.1, -0.05) is 56.3 Å². The number of imidazole rings is 1. The van der Waals surface area contributed by atoms with Gasteiger partial charge in [-0.05, 0) is 61.6 Å². The van der Waals surface area contributed by atoms with E-state index in [9.17, 15) is 9.00 Å². The Morgan fingerprint density at radius 3 is 2.53 bits per heavy atom. The van der Waals surface area contributed by atoms with Gasteiger partial charge >= 0.3 is 5.97 Å². The molecule has 7 heteroatoms. The van der Waals surface area contributed by atoms with Crippen molar-refractivity contribution in [3.8, 4) is 15.4 Å². The van der Waals surface area contributed by atoms with E-state index in [2.05, 4.69) is 26.0 Å². The maximum atomic E-state index is 13.5. The molecule has 2 aromatic heterocycles. The van der Waals surface area contributed by atoms with Gasteiger partial charge in [0.15, 0.2) is 0 Å². The van der Waals surface area contributed by atoms with Crippen LogP contribution in [0, 0.1) is 0 Å². The zero-order chi connectivity index (χ0) is 25.9. The van der Waals surface area contributed by atoms with Gasteiger partial charge in [0.25, 0.3) is 0 Å². The Kier molecular flexibility index (Phi) is 7.91. The van der Waals surface area contributed by atoms with Crippen LogP contribution in [0.5, 0.6) is 0 Å². The van der Waals surface area contributed by atoms with Gasteiger partial charge in [-0.3, -0.25) is 13.6 Å². The lowest BCUT2D eigenvalue weighted by Crippen LogP contribution is -2.39. The van der Waals surface area contributed by atoms with E-state index in [0.29, 0.717) is 18.9 Å². The summed E-state index contributed by atoms with van der Waals surface area (Å²) < 4.78 is 19.6. The Morgan fingerprint density at radius 1 is 1.11 bits per heavy atom. The average molecular weight is 521 g/mol. The fourth-order valence-corrected chi connectivity index (χ4v) is 5.75. The Bertz CT molecular complexity index is 1370. The molecule has 0 fully saturated rings. The van der Waals surface area contributed by atoms with Gasteiger partial charge in [-0.15, -0.1) is 11.3 Å². The Labute approximate surface area is 219 Å². The summed E-state index contributed by atoms with van der Waals surface area (Å²) in [7, 11) is -1.05. The summed E-state index contributed by atoms with van der Waals surface area (Å²) in [5.74, 6) is 0.583. The number of benzene rings is 2. The van der Waals surface area contributed by atoms with Gasteiger partial charge in [0.05, 0.1) is 12.3 Å². The summed E-state index contributed by atoms with van der Waals surface area (Å²) in [5, 5.41) is 0.964. The predicted octanol–water partition coefficient (Wildman–Crippen LogP) is 6.53. The molecule has 0 saturated heterocycles. The minimum absolute atomic E-state index is 0.198. The molecule has 0 N–H and O–H groups in total. The molecule has 0 radical (unpaired) electrons. The van der Waals surface area contributed by atoms with Crippen LogP contribution in [-0.4, -0.2) is 32.6 Å². The highest BCUT2D eigenvalue weighted by Gasteiger charge is 2.42. The van der Waals surface area contributed by atoms with Gasteiger partial charge < -0.3 is 4.74 Å². The van der Waals surface area contributed by atoms with E-state index >= 15 is 0 Å². The molecule has 0 spiro atoms. The number of hydrogen-bond acceptors (Lipinski definition) is 5. The summed E-state index contributed by atoms with van der Waals surface area (Å²) >= 11 is 1.62. The maximum Gasteiger partial charge on any atom is 0.319 e. The molecule has 36 heavy (non-hydrogen) atoms. The van der Waals surface area contributed by atoms with Gasteiger partial charge in [0, 0.05) is 33.0 Å². The number of carbonyl (C=O) groups is 1. The highest BCUT2D eigenvalue weighted by Crippen LogP contribution is 2.37. The summed E-state index contributed by atoms with van der Waals surface area (Å²) in [6.07, 6.45) is 4.20. The van der Waals surface area contributed by atoms with E-state index in [1.54, 1.807) is 17.6 Å². The Balaban J connectivity index is 1.83. The van der Waals surface area contributed by atoms with Crippen LogP contribution in [-0.2, 0) is 32.2 Å². The molecule has 0 amide bonds. The molecule has 0 saturated carbocycles. The van der Waals surface area contributed by atoms with Crippen molar-refractivity contribution in [1.29, 1.82) is 0 Å². The second-order valence-corrected chi connectivity index (χ2v) is 11.8. The second-order valence-electron chi connectivity index (χ2n) is 9.35. The van der Waals surface area contributed by atoms with Crippen LogP contribution in [0.2, 0.25) is 0 Å². The highest BCUT2D eigenvalue weighted by atomic mass is 32.2. The van der Waals surface area contributed by atoms with Crippen molar-refractivity contribution in [3.63, 3.8) is 0 Å². The molecule has 2 heterocycles. The molecule has 5 nitrogen and oxygen atoms in total. The lowest BCUT2D eigenvalue weighted by atomic mass is 9.82. The van der Waals surface area contributed by atoms with Gasteiger partial charge in [-0.25, -0.2) is 4.98 Å². The number of hydrogen-bond donors (Lipinski definition) is 0. The molecule has 2 unspecified atom stereocenters. The van der Waals surface area contributed by atoms with Crippen molar-refractivity contribution in [2.75, 3.05) is 12.9 Å². The van der Waals surface area contributed by atoms with Crippen molar-refractivity contribution in [3.05, 3.63) is 90.0 Å². The van der Waals surface area contributed by atoms with E-state index in [0.717, 1.165) is 31.6 Å². The van der Waals surface area contributed by atoms with E-state index in [1.165, 1.54) is 0 Å². The summed E-state index contributed by atoms with van der Waals surface area (Å²) in [6.45, 7) is 8.27. The van der Waals surface area contributed by atoms with Crippen LogP contribution in [0.3, 0.4) is 0 Å². The first kappa shape index (κ1) is 26.0. The standard InChI is InChI=1S/C29H32N2O3S2/c1-6-34-28(32)29(4,18-21-11-8-7-9-12-21)27-30-24(20(2)3)19-31(27)26-16-15-25(35-26)22-13-10-14-23(17-22)36(5)33/h7-17,19-20H,6,18H2,1-5H3. The van der Waals surface area contributed by atoms with E-state index < -0.39 is 16.2 Å². The minimum Gasteiger partial charge on any atom is -0.465 e. The molecule has 4 rings (SSSR count). The first-order valence-corrected chi connectivity index (χ1v) is 14.5. The summed E-state index contributed by atoms with van der Waals surface area (Å²) in [5.41, 5.74) is 2.01. The van der Waals surface area contributed by atoms with Crippen LogP contribution in [0.4, 0.5) is 0 Å². The smallest absolute Gasteiger partial charge is 0.319 e. The summed E-state index contributed by atoms with van der Waals surface area (Å²) in [4.78, 5) is 20.3. The monoisotopic (exact) mass is 520 g/mol. The normalized spacial score (nSPS) is 13.9.